The molecule has 1 aromatic carbocycles. The van der Waals surface area contributed by atoms with Gasteiger partial charge in [-0.3, -0.25) is 9.69 Å². The molecule has 0 saturated carbocycles. The zero-order valence-electron chi connectivity index (χ0n) is 15.9. The van der Waals surface area contributed by atoms with Gasteiger partial charge in [-0.1, -0.05) is 12.1 Å². The van der Waals surface area contributed by atoms with Crippen LogP contribution < -0.4 is 15.9 Å². The van der Waals surface area contributed by atoms with Gasteiger partial charge in [0.25, 0.3) is 0 Å². The molecular formula is C21H26N4O2. The second-order valence-electron chi connectivity index (χ2n) is 6.67. The molecule has 142 valence electrons. The predicted octanol–water partition coefficient (Wildman–Crippen LogP) is 2.29. The molecule has 0 aliphatic rings. The Balaban J connectivity index is 1.89. The lowest BCUT2D eigenvalue weighted by Gasteiger charge is -2.23. The summed E-state index contributed by atoms with van der Waals surface area (Å²) in [5.41, 5.74) is 8.63. The summed E-state index contributed by atoms with van der Waals surface area (Å²) in [4.78, 5) is 19.3. The monoisotopic (exact) mass is 366 g/mol. The molecule has 27 heavy (non-hydrogen) atoms. The smallest absolute Gasteiger partial charge is 0.213 e. The van der Waals surface area contributed by atoms with Gasteiger partial charge in [0, 0.05) is 56.1 Å². The van der Waals surface area contributed by atoms with Gasteiger partial charge in [-0.25, -0.2) is 4.98 Å². The van der Waals surface area contributed by atoms with Crippen LogP contribution in [-0.2, 0) is 20.1 Å². The lowest BCUT2D eigenvalue weighted by molar-refractivity contribution is 0.253. The van der Waals surface area contributed by atoms with Gasteiger partial charge in [-0.05, 0) is 36.7 Å². The number of ether oxygens (including phenoxy) is 1. The van der Waals surface area contributed by atoms with Crippen LogP contribution in [0.5, 0.6) is 5.88 Å². The zero-order valence-corrected chi connectivity index (χ0v) is 15.9. The van der Waals surface area contributed by atoms with Crippen molar-refractivity contribution in [3.63, 3.8) is 0 Å². The summed E-state index contributed by atoms with van der Waals surface area (Å²) in [6.07, 6.45) is 4.55. The van der Waals surface area contributed by atoms with Crippen LogP contribution in [0.1, 0.15) is 17.5 Å². The van der Waals surface area contributed by atoms with Crippen molar-refractivity contribution in [1.29, 1.82) is 0 Å². The summed E-state index contributed by atoms with van der Waals surface area (Å²) in [7, 11) is 3.58. The Bertz CT molecular complexity index is 968. The lowest BCUT2D eigenvalue weighted by atomic mass is 10.1. The standard InChI is InChI=1S/C21H26N4O2/c1-24-14-17(21(26)18-6-3-4-7-19(18)24)15-25(11-5-9-22)13-16-8-10-23-20(12-16)27-2/h3-4,6-8,10,12,14H,5,9,11,13,15,22H2,1-2H3. The summed E-state index contributed by atoms with van der Waals surface area (Å²) in [5.74, 6) is 0.591. The van der Waals surface area contributed by atoms with Crippen LogP contribution in [0.4, 0.5) is 0 Å². The normalized spacial score (nSPS) is 11.3. The molecular weight excluding hydrogens is 340 g/mol. The average molecular weight is 366 g/mol. The molecule has 0 unspecified atom stereocenters. The van der Waals surface area contributed by atoms with Crippen LogP contribution in [0.15, 0.2) is 53.6 Å². The quantitative estimate of drug-likeness (QED) is 0.662. The summed E-state index contributed by atoms with van der Waals surface area (Å²) in [6.45, 7) is 2.71. The van der Waals surface area contributed by atoms with Crippen molar-refractivity contribution in [2.75, 3.05) is 20.2 Å². The van der Waals surface area contributed by atoms with Gasteiger partial charge in [0.1, 0.15) is 0 Å². The van der Waals surface area contributed by atoms with Crippen molar-refractivity contribution >= 4 is 10.9 Å². The number of rotatable bonds is 8. The predicted molar refractivity (Wildman–Crippen MR) is 108 cm³/mol. The van der Waals surface area contributed by atoms with Crippen molar-refractivity contribution in [3.8, 4) is 5.88 Å². The van der Waals surface area contributed by atoms with E-state index in [0.29, 0.717) is 25.5 Å². The molecule has 3 rings (SSSR count). The maximum absolute atomic E-state index is 12.9. The second kappa shape index (κ2) is 8.79. The number of aromatic nitrogens is 2. The Morgan fingerprint density at radius 3 is 2.81 bits per heavy atom. The van der Waals surface area contributed by atoms with E-state index in [0.717, 1.165) is 35.0 Å². The van der Waals surface area contributed by atoms with Crippen LogP contribution in [0.3, 0.4) is 0 Å². The molecule has 0 saturated heterocycles. The van der Waals surface area contributed by atoms with Gasteiger partial charge in [-0.15, -0.1) is 0 Å². The molecule has 0 amide bonds. The molecule has 3 aromatic rings. The Labute approximate surface area is 159 Å². The number of nitrogens with zero attached hydrogens (tertiary/aromatic N) is 3. The minimum Gasteiger partial charge on any atom is -0.481 e. The summed E-state index contributed by atoms with van der Waals surface area (Å²) in [5, 5.41) is 0.752. The SMILES string of the molecule is COc1cc(CN(CCCN)Cc2cn(C)c3ccccc3c2=O)ccn1. The number of hydrogen-bond acceptors (Lipinski definition) is 5. The van der Waals surface area contributed by atoms with E-state index in [1.165, 1.54) is 0 Å². The topological polar surface area (TPSA) is 73.4 Å². The van der Waals surface area contributed by atoms with Gasteiger partial charge in [0.2, 0.25) is 5.88 Å². The number of fused-ring (bicyclic) bond motifs is 1. The van der Waals surface area contributed by atoms with Gasteiger partial charge < -0.3 is 15.0 Å². The van der Waals surface area contributed by atoms with E-state index < -0.39 is 0 Å². The molecule has 2 aromatic heterocycles. The molecule has 0 aliphatic heterocycles. The van der Waals surface area contributed by atoms with E-state index in [9.17, 15) is 4.79 Å². The molecule has 6 heteroatoms. The molecule has 0 bridgehead atoms. The Morgan fingerprint density at radius 2 is 2.04 bits per heavy atom. The third-order valence-electron chi connectivity index (χ3n) is 4.66. The molecule has 2 N–H and O–H groups in total. The Kier molecular flexibility index (Phi) is 6.21. The number of para-hydroxylation sites is 1. The van der Waals surface area contributed by atoms with E-state index in [1.807, 2.05) is 54.2 Å². The summed E-state index contributed by atoms with van der Waals surface area (Å²) in [6, 6.07) is 11.6. The van der Waals surface area contributed by atoms with Gasteiger partial charge in [0.15, 0.2) is 5.43 Å². The van der Waals surface area contributed by atoms with Crippen molar-refractivity contribution < 1.29 is 4.74 Å². The molecule has 0 atom stereocenters. The van der Waals surface area contributed by atoms with Crippen molar-refractivity contribution in [2.24, 2.45) is 12.8 Å². The number of methoxy groups -OCH3 is 1. The fourth-order valence-corrected chi connectivity index (χ4v) is 3.31. The molecule has 0 fully saturated rings. The zero-order chi connectivity index (χ0) is 19.2. The molecule has 0 aliphatic carbocycles. The van der Waals surface area contributed by atoms with Crippen LogP contribution in [0, 0.1) is 0 Å². The minimum absolute atomic E-state index is 0.0914. The van der Waals surface area contributed by atoms with Gasteiger partial charge in [0.05, 0.1) is 12.6 Å². The number of hydrogen-bond donors (Lipinski definition) is 1. The average Bonchev–Trinajstić information content (AvgIpc) is 2.70. The highest BCUT2D eigenvalue weighted by molar-refractivity contribution is 5.79. The van der Waals surface area contributed by atoms with E-state index in [4.69, 9.17) is 10.5 Å². The molecule has 2 heterocycles. The number of pyridine rings is 2. The third-order valence-corrected chi connectivity index (χ3v) is 4.66. The van der Waals surface area contributed by atoms with Crippen molar-refractivity contribution in [1.82, 2.24) is 14.5 Å². The maximum Gasteiger partial charge on any atom is 0.213 e. The highest BCUT2D eigenvalue weighted by Gasteiger charge is 2.13. The van der Waals surface area contributed by atoms with E-state index in [2.05, 4.69) is 9.88 Å². The van der Waals surface area contributed by atoms with Crippen molar-refractivity contribution in [3.05, 3.63) is 70.1 Å². The summed E-state index contributed by atoms with van der Waals surface area (Å²) < 4.78 is 7.23. The number of benzene rings is 1. The van der Waals surface area contributed by atoms with E-state index in [-0.39, 0.29) is 5.43 Å². The second-order valence-corrected chi connectivity index (χ2v) is 6.67. The molecule has 6 nitrogen and oxygen atoms in total. The van der Waals surface area contributed by atoms with Crippen LogP contribution in [0.25, 0.3) is 10.9 Å². The fraction of sp³-hybridized carbons (Fsp3) is 0.333. The van der Waals surface area contributed by atoms with Crippen LogP contribution in [-0.4, -0.2) is 34.7 Å². The van der Waals surface area contributed by atoms with E-state index >= 15 is 0 Å². The first-order chi connectivity index (χ1) is 13.1. The molecule has 0 radical (unpaired) electrons. The first-order valence-electron chi connectivity index (χ1n) is 9.11. The largest absolute Gasteiger partial charge is 0.481 e. The highest BCUT2D eigenvalue weighted by Crippen LogP contribution is 2.15. The third kappa shape index (κ3) is 4.53. The highest BCUT2D eigenvalue weighted by atomic mass is 16.5. The van der Waals surface area contributed by atoms with Gasteiger partial charge in [-0.2, -0.15) is 0 Å². The first kappa shape index (κ1) is 19.1. The maximum atomic E-state index is 12.9. The fourth-order valence-electron chi connectivity index (χ4n) is 3.31. The van der Waals surface area contributed by atoms with Gasteiger partial charge >= 0.3 is 0 Å². The Morgan fingerprint density at radius 1 is 1.22 bits per heavy atom. The lowest BCUT2D eigenvalue weighted by Crippen LogP contribution is -2.29. The summed E-state index contributed by atoms with van der Waals surface area (Å²) >= 11 is 0. The molecule has 0 spiro atoms. The number of aryl methyl sites for hydroxylation is 1. The van der Waals surface area contributed by atoms with E-state index in [1.54, 1.807) is 13.3 Å². The van der Waals surface area contributed by atoms with Crippen LogP contribution in [0.2, 0.25) is 0 Å². The minimum atomic E-state index is 0.0914. The Hall–Kier alpha value is -2.70. The van der Waals surface area contributed by atoms with Crippen molar-refractivity contribution in [2.45, 2.75) is 19.5 Å². The first-order valence-corrected chi connectivity index (χ1v) is 9.11. The van der Waals surface area contributed by atoms with Crippen LogP contribution >= 0.6 is 0 Å². The number of nitrogens with two attached hydrogens (primary N) is 1.